The molecule has 0 fully saturated rings. The molecule has 1 N–H and O–H groups in total. The first kappa shape index (κ1) is 16.7. The van der Waals surface area contributed by atoms with E-state index in [-0.39, 0.29) is 17.2 Å². The quantitative estimate of drug-likeness (QED) is 0.785. The van der Waals surface area contributed by atoms with E-state index in [4.69, 9.17) is 4.52 Å². The predicted octanol–water partition coefficient (Wildman–Crippen LogP) is 3.59. The molecule has 3 aromatic rings. The van der Waals surface area contributed by atoms with Gasteiger partial charge >= 0.3 is 0 Å². The maximum atomic E-state index is 13.3. The molecule has 128 valence electrons. The second-order valence-corrected chi connectivity index (χ2v) is 5.55. The molecule has 8 heteroatoms. The molecule has 0 bridgehead atoms. The highest BCUT2D eigenvalue weighted by Gasteiger charge is 2.19. The van der Waals surface area contributed by atoms with Gasteiger partial charge in [-0.25, -0.2) is 13.8 Å². The fraction of sp³-hybridized carbons (Fsp3) is 0.176. The SMILES string of the molecule is Cc1cc(C)c(-c2noc(C)n2)c(NC(=O)c2cc(F)cc(F)c2)n1. The molecule has 0 atom stereocenters. The van der Waals surface area contributed by atoms with E-state index in [1.54, 1.807) is 19.9 Å². The van der Waals surface area contributed by atoms with Gasteiger partial charge < -0.3 is 9.84 Å². The van der Waals surface area contributed by atoms with Gasteiger partial charge in [-0.1, -0.05) is 5.16 Å². The lowest BCUT2D eigenvalue weighted by Gasteiger charge is -2.12. The van der Waals surface area contributed by atoms with E-state index in [0.29, 0.717) is 23.2 Å². The number of nitrogens with one attached hydrogen (secondary N) is 1. The van der Waals surface area contributed by atoms with Crippen molar-refractivity contribution in [3.63, 3.8) is 0 Å². The van der Waals surface area contributed by atoms with Gasteiger partial charge in [-0.15, -0.1) is 0 Å². The molecule has 6 nitrogen and oxygen atoms in total. The van der Waals surface area contributed by atoms with Crippen LogP contribution < -0.4 is 5.32 Å². The molecule has 25 heavy (non-hydrogen) atoms. The number of benzene rings is 1. The van der Waals surface area contributed by atoms with Gasteiger partial charge in [0.2, 0.25) is 11.7 Å². The molecule has 0 aliphatic heterocycles. The molecule has 0 aliphatic rings. The van der Waals surface area contributed by atoms with Crippen LogP contribution in [0.1, 0.15) is 27.5 Å². The van der Waals surface area contributed by atoms with Crippen molar-refractivity contribution in [3.8, 4) is 11.4 Å². The number of aryl methyl sites for hydroxylation is 3. The van der Waals surface area contributed by atoms with Gasteiger partial charge in [0.25, 0.3) is 5.91 Å². The third-order valence-corrected chi connectivity index (χ3v) is 3.45. The first-order valence-electron chi connectivity index (χ1n) is 7.40. The van der Waals surface area contributed by atoms with Crippen LogP contribution in [-0.2, 0) is 0 Å². The molecule has 1 amide bonds. The van der Waals surface area contributed by atoms with Crippen LogP contribution in [0.25, 0.3) is 11.4 Å². The van der Waals surface area contributed by atoms with E-state index in [9.17, 15) is 13.6 Å². The minimum atomic E-state index is -0.840. The molecule has 0 saturated heterocycles. The maximum Gasteiger partial charge on any atom is 0.257 e. The number of amides is 1. The van der Waals surface area contributed by atoms with Crippen molar-refractivity contribution in [3.05, 3.63) is 58.6 Å². The first-order valence-corrected chi connectivity index (χ1v) is 7.40. The van der Waals surface area contributed by atoms with Crippen molar-refractivity contribution in [1.82, 2.24) is 15.1 Å². The summed E-state index contributed by atoms with van der Waals surface area (Å²) in [6, 6.07) is 4.39. The van der Waals surface area contributed by atoms with Crippen molar-refractivity contribution in [2.75, 3.05) is 5.32 Å². The Balaban J connectivity index is 2.03. The second-order valence-electron chi connectivity index (χ2n) is 5.55. The number of rotatable bonds is 3. The highest BCUT2D eigenvalue weighted by atomic mass is 19.1. The standard InChI is InChI=1S/C17H14F2N4O2/c1-8-4-9(2)20-15(14(8)16-21-10(3)25-23-16)22-17(24)11-5-12(18)7-13(19)6-11/h4-7H,1-3H3,(H,20,22,24). The summed E-state index contributed by atoms with van der Waals surface area (Å²) < 4.78 is 31.6. The van der Waals surface area contributed by atoms with Crippen LogP contribution in [0, 0.1) is 32.4 Å². The Morgan fingerprint density at radius 2 is 1.72 bits per heavy atom. The number of hydrogen-bond donors (Lipinski definition) is 1. The molecule has 2 aromatic heterocycles. The third kappa shape index (κ3) is 3.52. The van der Waals surface area contributed by atoms with Gasteiger partial charge in [0.05, 0.1) is 5.56 Å². The molecule has 2 heterocycles. The van der Waals surface area contributed by atoms with Crippen LogP contribution in [-0.4, -0.2) is 21.0 Å². The number of nitrogens with zero attached hydrogens (tertiary/aromatic N) is 3. The summed E-state index contributed by atoms with van der Waals surface area (Å²) in [4.78, 5) is 20.8. The number of carbonyl (C=O) groups is 1. The second kappa shape index (κ2) is 6.39. The first-order chi connectivity index (χ1) is 11.8. The smallest absolute Gasteiger partial charge is 0.257 e. The summed E-state index contributed by atoms with van der Waals surface area (Å²) in [5.41, 5.74) is 1.75. The van der Waals surface area contributed by atoms with Crippen LogP contribution >= 0.6 is 0 Å². The van der Waals surface area contributed by atoms with Crippen LogP contribution in [0.3, 0.4) is 0 Å². The van der Waals surface area contributed by atoms with Crippen LogP contribution in [0.15, 0.2) is 28.8 Å². The van der Waals surface area contributed by atoms with E-state index in [0.717, 1.165) is 17.7 Å². The van der Waals surface area contributed by atoms with Crippen LogP contribution in [0.2, 0.25) is 0 Å². The Labute approximate surface area is 141 Å². The summed E-state index contributed by atoms with van der Waals surface area (Å²) in [6.45, 7) is 5.21. The summed E-state index contributed by atoms with van der Waals surface area (Å²) in [7, 11) is 0. The Morgan fingerprint density at radius 1 is 1.04 bits per heavy atom. The largest absolute Gasteiger partial charge is 0.339 e. The van der Waals surface area contributed by atoms with Crippen molar-refractivity contribution >= 4 is 11.7 Å². The summed E-state index contributed by atoms with van der Waals surface area (Å²) in [5.74, 6) is -1.56. The van der Waals surface area contributed by atoms with E-state index >= 15 is 0 Å². The molecule has 1 aromatic carbocycles. The highest BCUT2D eigenvalue weighted by molar-refractivity contribution is 6.05. The van der Waals surface area contributed by atoms with Gasteiger partial charge in [0, 0.05) is 24.2 Å². The fourth-order valence-corrected chi connectivity index (χ4v) is 2.47. The lowest BCUT2D eigenvalue weighted by atomic mass is 10.1. The number of hydrogen-bond acceptors (Lipinski definition) is 5. The average Bonchev–Trinajstić information content (AvgIpc) is 2.91. The lowest BCUT2D eigenvalue weighted by Crippen LogP contribution is -2.15. The van der Waals surface area contributed by atoms with Gasteiger partial charge in [0.1, 0.15) is 17.5 Å². The normalized spacial score (nSPS) is 10.8. The molecule has 3 rings (SSSR count). The molecule has 0 saturated carbocycles. The minimum Gasteiger partial charge on any atom is -0.339 e. The summed E-state index contributed by atoms with van der Waals surface area (Å²) in [6.07, 6.45) is 0. The average molecular weight is 344 g/mol. The highest BCUT2D eigenvalue weighted by Crippen LogP contribution is 2.29. The summed E-state index contributed by atoms with van der Waals surface area (Å²) >= 11 is 0. The minimum absolute atomic E-state index is 0.159. The zero-order chi connectivity index (χ0) is 18.1. The Kier molecular flexibility index (Phi) is 4.26. The zero-order valence-electron chi connectivity index (χ0n) is 13.7. The van der Waals surface area contributed by atoms with Crippen LogP contribution in [0.4, 0.5) is 14.6 Å². The number of carbonyl (C=O) groups excluding carboxylic acids is 1. The van der Waals surface area contributed by atoms with Crippen molar-refractivity contribution in [2.45, 2.75) is 20.8 Å². The Hall–Kier alpha value is -3.16. The van der Waals surface area contributed by atoms with Gasteiger partial charge in [-0.3, -0.25) is 4.79 Å². The topological polar surface area (TPSA) is 80.9 Å². The molecule has 0 spiro atoms. The molecular weight excluding hydrogens is 330 g/mol. The van der Waals surface area contributed by atoms with E-state index < -0.39 is 17.5 Å². The third-order valence-electron chi connectivity index (χ3n) is 3.45. The summed E-state index contributed by atoms with van der Waals surface area (Å²) in [5, 5.41) is 6.41. The van der Waals surface area contributed by atoms with Crippen LogP contribution in [0.5, 0.6) is 0 Å². The number of aromatic nitrogens is 3. The monoisotopic (exact) mass is 344 g/mol. The number of anilines is 1. The number of pyridine rings is 1. The van der Waals surface area contributed by atoms with E-state index in [1.165, 1.54) is 0 Å². The predicted molar refractivity (Wildman–Crippen MR) is 86.1 cm³/mol. The van der Waals surface area contributed by atoms with E-state index in [2.05, 4.69) is 20.4 Å². The zero-order valence-corrected chi connectivity index (χ0v) is 13.7. The van der Waals surface area contributed by atoms with Gasteiger partial charge in [-0.05, 0) is 37.6 Å². The van der Waals surface area contributed by atoms with Crippen molar-refractivity contribution in [1.29, 1.82) is 0 Å². The van der Waals surface area contributed by atoms with Gasteiger partial charge in [0.15, 0.2) is 0 Å². The Morgan fingerprint density at radius 3 is 2.32 bits per heavy atom. The van der Waals surface area contributed by atoms with Gasteiger partial charge in [-0.2, -0.15) is 4.98 Å². The van der Waals surface area contributed by atoms with E-state index in [1.807, 2.05) is 6.92 Å². The molecular formula is C17H14F2N4O2. The van der Waals surface area contributed by atoms with Crippen molar-refractivity contribution < 1.29 is 18.1 Å². The van der Waals surface area contributed by atoms with Crippen molar-refractivity contribution in [2.24, 2.45) is 0 Å². The molecule has 0 aliphatic carbocycles. The molecule has 0 radical (unpaired) electrons. The lowest BCUT2D eigenvalue weighted by molar-refractivity contribution is 0.102. The maximum absolute atomic E-state index is 13.3. The number of halogens is 2. The Bertz CT molecular complexity index is 949. The molecule has 0 unspecified atom stereocenters. The fourth-order valence-electron chi connectivity index (χ4n) is 2.47.